The van der Waals surface area contributed by atoms with Crippen LogP contribution in [-0.4, -0.2) is 61.3 Å². The monoisotopic (exact) mass is 515 g/mol. The predicted octanol–water partition coefficient (Wildman–Crippen LogP) is 3.41. The number of nitrogens with zero attached hydrogens (tertiary/aromatic N) is 2. The molecule has 3 rings (SSSR count). The number of methoxy groups -OCH3 is 3. The van der Waals surface area contributed by atoms with E-state index in [1.807, 2.05) is 0 Å². The minimum absolute atomic E-state index is 0.0260. The van der Waals surface area contributed by atoms with E-state index in [9.17, 15) is 24.5 Å². The summed E-state index contributed by atoms with van der Waals surface area (Å²) < 4.78 is 15.9. The highest BCUT2D eigenvalue weighted by molar-refractivity contribution is 8.18. The molecular weight excluding hydrogens is 490 g/mol. The summed E-state index contributed by atoms with van der Waals surface area (Å²) in [6.07, 6.45) is 2.10. The van der Waals surface area contributed by atoms with Gasteiger partial charge in [0.2, 0.25) is 11.7 Å². The smallest absolute Gasteiger partial charge is 0.293 e. The molecule has 190 valence electrons. The number of amides is 3. The molecule has 0 aliphatic carbocycles. The summed E-state index contributed by atoms with van der Waals surface area (Å²) in [7, 11) is 4.54. The van der Waals surface area contributed by atoms with Crippen LogP contribution in [0.25, 0.3) is 6.08 Å². The van der Waals surface area contributed by atoms with Crippen molar-refractivity contribution in [1.29, 1.82) is 0 Å². The number of nitrogens with one attached hydrogen (secondary N) is 1. The SMILES string of the molecule is COc1cc(CCC(=O)NCCN2C(=O)S/C(=C\c3ccc([N+](=O)[O-])cc3)C2=O)cc(OC)c1OC. The fraction of sp³-hybridized carbons (Fsp3) is 0.292. The summed E-state index contributed by atoms with van der Waals surface area (Å²) in [4.78, 5) is 48.7. The summed E-state index contributed by atoms with van der Waals surface area (Å²) in [5.74, 6) is 0.738. The number of nitro benzene ring substituents is 1. The molecule has 1 heterocycles. The van der Waals surface area contributed by atoms with Crippen molar-refractivity contribution in [1.82, 2.24) is 10.2 Å². The van der Waals surface area contributed by atoms with Gasteiger partial charge in [-0.25, -0.2) is 0 Å². The first-order chi connectivity index (χ1) is 17.3. The van der Waals surface area contributed by atoms with Crippen LogP contribution in [0.2, 0.25) is 0 Å². The van der Waals surface area contributed by atoms with Crippen molar-refractivity contribution in [2.75, 3.05) is 34.4 Å². The second-order valence-electron chi connectivity index (χ2n) is 7.57. The molecule has 11 nitrogen and oxygen atoms in total. The van der Waals surface area contributed by atoms with E-state index in [0.717, 1.165) is 22.2 Å². The molecule has 12 heteroatoms. The van der Waals surface area contributed by atoms with Gasteiger partial charge in [0, 0.05) is 31.6 Å². The molecule has 3 amide bonds. The third-order valence-electron chi connectivity index (χ3n) is 5.30. The minimum atomic E-state index is -0.517. The predicted molar refractivity (Wildman–Crippen MR) is 133 cm³/mol. The molecule has 36 heavy (non-hydrogen) atoms. The van der Waals surface area contributed by atoms with Gasteiger partial charge in [-0.05, 0) is 59.7 Å². The first kappa shape index (κ1) is 26.5. The lowest BCUT2D eigenvalue weighted by Crippen LogP contribution is -2.37. The Kier molecular flexibility index (Phi) is 8.90. The summed E-state index contributed by atoms with van der Waals surface area (Å²) in [6.45, 7) is 0.134. The third-order valence-corrected chi connectivity index (χ3v) is 6.21. The van der Waals surface area contributed by atoms with Gasteiger partial charge < -0.3 is 19.5 Å². The second kappa shape index (κ2) is 12.1. The number of aryl methyl sites for hydroxylation is 1. The van der Waals surface area contributed by atoms with Crippen LogP contribution in [-0.2, 0) is 16.0 Å². The highest BCUT2D eigenvalue weighted by atomic mass is 32.2. The Morgan fingerprint density at radius 2 is 1.72 bits per heavy atom. The van der Waals surface area contributed by atoms with Gasteiger partial charge in [0.05, 0.1) is 31.2 Å². The maximum Gasteiger partial charge on any atom is 0.293 e. The number of hydrogen-bond donors (Lipinski definition) is 1. The van der Waals surface area contributed by atoms with E-state index in [1.54, 1.807) is 12.1 Å². The summed E-state index contributed by atoms with van der Waals surface area (Å²) in [6, 6.07) is 9.19. The van der Waals surface area contributed by atoms with Crippen LogP contribution in [0.4, 0.5) is 10.5 Å². The number of nitro groups is 1. The van der Waals surface area contributed by atoms with Crippen LogP contribution in [0.1, 0.15) is 17.5 Å². The van der Waals surface area contributed by atoms with Crippen molar-refractivity contribution in [2.24, 2.45) is 0 Å². The second-order valence-corrected chi connectivity index (χ2v) is 8.56. The summed E-state index contributed by atoms with van der Waals surface area (Å²) >= 11 is 0.781. The maximum atomic E-state index is 12.6. The molecular formula is C24H25N3O8S. The molecule has 2 aromatic carbocycles. The lowest BCUT2D eigenvalue weighted by atomic mass is 10.1. The molecule has 1 fully saturated rings. The number of rotatable bonds is 11. The molecule has 2 aromatic rings. The average Bonchev–Trinajstić information content (AvgIpc) is 3.14. The van der Waals surface area contributed by atoms with E-state index < -0.39 is 16.1 Å². The van der Waals surface area contributed by atoms with Crippen LogP contribution < -0.4 is 19.5 Å². The van der Waals surface area contributed by atoms with E-state index in [-0.39, 0.29) is 36.0 Å². The maximum absolute atomic E-state index is 12.6. The number of hydrogen-bond acceptors (Lipinski definition) is 9. The Morgan fingerprint density at radius 3 is 2.28 bits per heavy atom. The Morgan fingerprint density at radius 1 is 1.08 bits per heavy atom. The standard InChI is InChI=1S/C24H25N3O8S/c1-33-18-12-16(13-19(34-2)22(18)35-3)6-9-21(28)25-10-11-26-23(29)20(36-24(26)30)14-15-4-7-17(8-5-15)27(31)32/h4-5,7-8,12-14H,6,9-11H2,1-3H3,(H,25,28)/b20-14-. The van der Waals surface area contributed by atoms with E-state index in [1.165, 1.54) is 51.7 Å². The van der Waals surface area contributed by atoms with Gasteiger partial charge in [-0.1, -0.05) is 0 Å². The highest BCUT2D eigenvalue weighted by Crippen LogP contribution is 2.38. The van der Waals surface area contributed by atoms with Gasteiger partial charge in [0.25, 0.3) is 16.8 Å². The molecule has 0 atom stereocenters. The van der Waals surface area contributed by atoms with Crippen LogP contribution in [0.3, 0.4) is 0 Å². The molecule has 1 saturated heterocycles. The van der Waals surface area contributed by atoms with Crippen LogP contribution >= 0.6 is 11.8 Å². The molecule has 0 unspecified atom stereocenters. The van der Waals surface area contributed by atoms with Crippen molar-refractivity contribution in [2.45, 2.75) is 12.8 Å². The van der Waals surface area contributed by atoms with E-state index in [4.69, 9.17) is 14.2 Å². The molecule has 0 saturated carbocycles. The number of carbonyl (C=O) groups excluding carboxylic acids is 3. The number of thioether (sulfide) groups is 1. The zero-order chi connectivity index (χ0) is 26.2. The molecule has 1 N–H and O–H groups in total. The van der Waals surface area contributed by atoms with Gasteiger partial charge in [0.15, 0.2) is 11.5 Å². The molecule has 1 aliphatic rings. The lowest BCUT2D eigenvalue weighted by Gasteiger charge is -2.14. The van der Waals surface area contributed by atoms with Crippen molar-refractivity contribution >= 4 is 40.6 Å². The molecule has 0 radical (unpaired) electrons. The zero-order valence-electron chi connectivity index (χ0n) is 19.9. The van der Waals surface area contributed by atoms with Gasteiger partial charge in [-0.3, -0.25) is 29.4 Å². The zero-order valence-corrected chi connectivity index (χ0v) is 20.8. The number of benzene rings is 2. The molecule has 0 spiro atoms. The van der Waals surface area contributed by atoms with Crippen molar-refractivity contribution in [3.05, 3.63) is 62.5 Å². The summed E-state index contributed by atoms with van der Waals surface area (Å²) in [5, 5.41) is 13.0. The van der Waals surface area contributed by atoms with Gasteiger partial charge in [-0.2, -0.15) is 0 Å². The molecule has 0 bridgehead atoms. The first-order valence-electron chi connectivity index (χ1n) is 10.8. The fourth-order valence-corrected chi connectivity index (χ4v) is 4.33. The normalized spacial score (nSPS) is 14.2. The average molecular weight is 516 g/mol. The lowest BCUT2D eigenvalue weighted by molar-refractivity contribution is -0.384. The summed E-state index contributed by atoms with van der Waals surface area (Å²) in [5.41, 5.74) is 1.31. The van der Waals surface area contributed by atoms with Crippen molar-refractivity contribution < 1.29 is 33.5 Å². The quantitative estimate of drug-likeness (QED) is 0.271. The highest BCUT2D eigenvalue weighted by Gasteiger charge is 2.34. The van der Waals surface area contributed by atoms with Gasteiger partial charge in [-0.15, -0.1) is 0 Å². The van der Waals surface area contributed by atoms with Gasteiger partial charge in [0.1, 0.15) is 0 Å². The topological polar surface area (TPSA) is 137 Å². The minimum Gasteiger partial charge on any atom is -0.493 e. The van der Waals surface area contributed by atoms with E-state index in [2.05, 4.69) is 5.32 Å². The number of carbonyl (C=O) groups is 3. The van der Waals surface area contributed by atoms with Crippen molar-refractivity contribution in [3.63, 3.8) is 0 Å². The van der Waals surface area contributed by atoms with Gasteiger partial charge >= 0.3 is 0 Å². The fourth-order valence-electron chi connectivity index (χ4n) is 3.47. The first-order valence-corrected chi connectivity index (χ1v) is 11.6. The van der Waals surface area contributed by atoms with E-state index in [0.29, 0.717) is 29.2 Å². The Hall–Kier alpha value is -4.06. The van der Waals surface area contributed by atoms with Crippen LogP contribution in [0, 0.1) is 10.1 Å². The third kappa shape index (κ3) is 6.33. The Labute approximate surface area is 211 Å². The Balaban J connectivity index is 1.51. The number of imide groups is 1. The van der Waals surface area contributed by atoms with Crippen LogP contribution in [0.15, 0.2) is 41.3 Å². The number of ether oxygens (including phenoxy) is 3. The number of non-ortho nitro benzene ring substituents is 1. The largest absolute Gasteiger partial charge is 0.493 e. The van der Waals surface area contributed by atoms with Crippen molar-refractivity contribution in [3.8, 4) is 17.2 Å². The molecule has 0 aromatic heterocycles. The Bertz CT molecular complexity index is 1170. The van der Waals surface area contributed by atoms with E-state index >= 15 is 0 Å². The van der Waals surface area contributed by atoms with Crippen LogP contribution in [0.5, 0.6) is 17.2 Å². The molecule has 1 aliphatic heterocycles.